The maximum atomic E-state index is 13.8. The van der Waals surface area contributed by atoms with Crippen LogP contribution in [-0.2, 0) is 22.8 Å². The number of halogens is 2. The zero-order chi connectivity index (χ0) is 27.7. The molecule has 1 aliphatic rings. The summed E-state index contributed by atoms with van der Waals surface area (Å²) in [5, 5.41) is 0.718. The molecule has 38 heavy (non-hydrogen) atoms. The van der Waals surface area contributed by atoms with E-state index >= 15 is 0 Å². The lowest BCUT2D eigenvalue weighted by molar-refractivity contribution is -0.124. The van der Waals surface area contributed by atoms with Crippen molar-refractivity contribution < 1.29 is 23.5 Å². The highest BCUT2D eigenvalue weighted by Crippen LogP contribution is 2.31. The average Bonchev–Trinajstić information content (AvgIpc) is 3.22. The number of amides is 2. The summed E-state index contributed by atoms with van der Waals surface area (Å²) in [6, 6.07) is 9.63. The molecule has 10 heteroatoms. The molecule has 0 bridgehead atoms. The van der Waals surface area contributed by atoms with Gasteiger partial charge < -0.3 is 19.1 Å². The first kappa shape index (κ1) is 27.8. The number of nitrogens with zero attached hydrogens (tertiary/aromatic N) is 4. The number of ether oxygens (including phenoxy) is 1. The number of methoxy groups -OCH3 is 1. The molecule has 1 saturated heterocycles. The Kier molecular flexibility index (Phi) is 8.20. The van der Waals surface area contributed by atoms with E-state index in [4.69, 9.17) is 16.3 Å². The average molecular weight is 543 g/mol. The number of likely N-dealkylation sites (N-methyl/N-ethyl adjacent to an activating group) is 1. The highest BCUT2D eigenvalue weighted by molar-refractivity contribution is 6.45. The molecule has 0 radical (unpaired) electrons. The molecule has 2 unspecified atom stereocenters. The van der Waals surface area contributed by atoms with Crippen LogP contribution in [0.25, 0.3) is 10.9 Å². The lowest BCUT2D eigenvalue weighted by atomic mass is 10.0. The fourth-order valence-electron chi connectivity index (χ4n) is 4.90. The van der Waals surface area contributed by atoms with Crippen LogP contribution in [0.2, 0.25) is 5.02 Å². The van der Waals surface area contributed by atoms with Crippen LogP contribution in [0.3, 0.4) is 0 Å². The topological polar surface area (TPSA) is 75.1 Å². The monoisotopic (exact) mass is 542 g/mol. The summed E-state index contributed by atoms with van der Waals surface area (Å²) in [4.78, 5) is 44.5. The number of hydrogen-bond acceptors (Lipinski definition) is 5. The van der Waals surface area contributed by atoms with E-state index < -0.39 is 11.7 Å². The lowest BCUT2D eigenvalue weighted by Gasteiger charge is -2.44. The molecular formula is C28H32ClFN4O4. The molecule has 2 aromatic carbocycles. The van der Waals surface area contributed by atoms with Gasteiger partial charge in [0.15, 0.2) is 0 Å². The molecule has 2 atom stereocenters. The van der Waals surface area contributed by atoms with Gasteiger partial charge in [0.2, 0.25) is 0 Å². The molecule has 202 valence electrons. The summed E-state index contributed by atoms with van der Waals surface area (Å²) in [5.41, 5.74) is 2.05. The minimum absolute atomic E-state index is 0.0559. The molecule has 1 fully saturated rings. The minimum Gasteiger partial charge on any atom is -0.364 e. The van der Waals surface area contributed by atoms with Crippen LogP contribution >= 0.6 is 11.6 Å². The third-order valence-corrected chi connectivity index (χ3v) is 7.30. The van der Waals surface area contributed by atoms with Crippen molar-refractivity contribution in [2.24, 2.45) is 0 Å². The first-order chi connectivity index (χ1) is 18.0. The molecular weight excluding hydrogens is 511 g/mol. The molecule has 0 saturated carbocycles. The Morgan fingerprint density at radius 1 is 1.05 bits per heavy atom. The van der Waals surface area contributed by atoms with Gasteiger partial charge >= 0.3 is 0 Å². The van der Waals surface area contributed by atoms with Crippen molar-refractivity contribution in [1.82, 2.24) is 19.3 Å². The van der Waals surface area contributed by atoms with E-state index in [0.717, 1.165) is 5.56 Å². The number of benzene rings is 2. The molecule has 8 nitrogen and oxygen atoms in total. The van der Waals surface area contributed by atoms with Gasteiger partial charge in [0.1, 0.15) is 12.5 Å². The van der Waals surface area contributed by atoms with E-state index in [1.807, 2.05) is 6.92 Å². The van der Waals surface area contributed by atoms with Gasteiger partial charge in [0.25, 0.3) is 17.6 Å². The largest absolute Gasteiger partial charge is 0.364 e. The minimum atomic E-state index is -0.674. The molecule has 0 N–H and O–H groups in total. The molecule has 0 aliphatic carbocycles. The number of fused-ring (bicyclic) bond motifs is 1. The normalized spacial score (nSPS) is 18.1. The van der Waals surface area contributed by atoms with E-state index in [1.165, 1.54) is 38.2 Å². The predicted molar refractivity (Wildman–Crippen MR) is 144 cm³/mol. The maximum absolute atomic E-state index is 13.8. The number of piperazine rings is 1. The number of ketones is 1. The predicted octanol–water partition coefficient (Wildman–Crippen LogP) is 4.04. The van der Waals surface area contributed by atoms with Crippen molar-refractivity contribution in [1.29, 1.82) is 0 Å². The Balaban J connectivity index is 1.63. The highest BCUT2D eigenvalue weighted by Gasteiger charge is 2.34. The summed E-state index contributed by atoms with van der Waals surface area (Å²) in [6.45, 7) is 5.94. The standard InChI is InChI=1S/C28H32ClFN4O4/c1-17-13-34(18(2)12-32(17)14-19-6-8-20(30)9-7-19)27(36)22-10-21-23(26(35)28(37)31(3)4)15-33(16-38-5)25(21)11-24(22)29/h6-11,15,17-18H,12-14,16H2,1-5H3. The number of rotatable bonds is 7. The molecule has 1 aliphatic heterocycles. The third-order valence-electron chi connectivity index (χ3n) is 6.99. The van der Waals surface area contributed by atoms with Crippen LogP contribution in [0.4, 0.5) is 4.39 Å². The summed E-state index contributed by atoms with van der Waals surface area (Å²) in [7, 11) is 4.55. The molecule has 3 aromatic rings. The van der Waals surface area contributed by atoms with Crippen molar-refractivity contribution >= 4 is 40.1 Å². The molecule has 0 spiro atoms. The van der Waals surface area contributed by atoms with Gasteiger partial charge in [0, 0.05) is 64.5 Å². The number of hydrogen-bond donors (Lipinski definition) is 0. The van der Waals surface area contributed by atoms with E-state index in [0.29, 0.717) is 30.5 Å². The Labute approximate surface area is 226 Å². The zero-order valence-electron chi connectivity index (χ0n) is 22.2. The lowest BCUT2D eigenvalue weighted by Crippen LogP contribution is -2.57. The summed E-state index contributed by atoms with van der Waals surface area (Å²) >= 11 is 6.62. The summed E-state index contributed by atoms with van der Waals surface area (Å²) < 4.78 is 20.2. The van der Waals surface area contributed by atoms with E-state index in [1.54, 1.807) is 39.9 Å². The molecule has 1 aromatic heterocycles. The third kappa shape index (κ3) is 5.45. The second-order valence-corrected chi connectivity index (χ2v) is 10.4. The van der Waals surface area contributed by atoms with E-state index in [-0.39, 0.29) is 46.7 Å². The Bertz CT molecular complexity index is 1370. The van der Waals surface area contributed by atoms with Crippen LogP contribution < -0.4 is 0 Å². The second-order valence-electron chi connectivity index (χ2n) is 10.0. The van der Waals surface area contributed by atoms with E-state index in [2.05, 4.69) is 11.8 Å². The zero-order valence-corrected chi connectivity index (χ0v) is 23.0. The SMILES string of the molecule is COCn1cc(C(=O)C(=O)N(C)C)c2cc(C(=O)N3CC(C)N(Cc4ccc(F)cc4)CC3C)c(Cl)cc21. The molecule has 4 rings (SSSR count). The van der Waals surface area contributed by atoms with Crippen LogP contribution in [0.5, 0.6) is 0 Å². The maximum Gasteiger partial charge on any atom is 0.294 e. The Morgan fingerprint density at radius 2 is 1.74 bits per heavy atom. The van der Waals surface area contributed by atoms with Crippen LogP contribution in [0.1, 0.15) is 40.1 Å². The van der Waals surface area contributed by atoms with Gasteiger partial charge in [-0.3, -0.25) is 19.3 Å². The molecule has 2 heterocycles. The van der Waals surface area contributed by atoms with Gasteiger partial charge in [-0.15, -0.1) is 0 Å². The van der Waals surface area contributed by atoms with E-state index in [9.17, 15) is 18.8 Å². The van der Waals surface area contributed by atoms with Crippen molar-refractivity contribution in [3.8, 4) is 0 Å². The Hall–Kier alpha value is -3.27. The first-order valence-electron chi connectivity index (χ1n) is 12.4. The smallest absolute Gasteiger partial charge is 0.294 e. The van der Waals surface area contributed by atoms with Gasteiger partial charge in [-0.1, -0.05) is 23.7 Å². The van der Waals surface area contributed by atoms with Gasteiger partial charge in [-0.05, 0) is 43.7 Å². The van der Waals surface area contributed by atoms with Crippen molar-refractivity contribution in [3.05, 3.63) is 70.1 Å². The van der Waals surface area contributed by atoms with Gasteiger partial charge in [-0.25, -0.2) is 4.39 Å². The first-order valence-corrected chi connectivity index (χ1v) is 12.8. The quantitative estimate of drug-likeness (QED) is 0.333. The molecule has 2 amide bonds. The van der Waals surface area contributed by atoms with Crippen molar-refractivity contribution in [3.63, 3.8) is 0 Å². The fourth-order valence-corrected chi connectivity index (χ4v) is 5.14. The van der Waals surface area contributed by atoms with Crippen molar-refractivity contribution in [2.75, 3.05) is 34.3 Å². The van der Waals surface area contributed by atoms with Crippen LogP contribution in [0, 0.1) is 5.82 Å². The van der Waals surface area contributed by atoms with Gasteiger partial charge in [0.05, 0.1) is 21.7 Å². The highest BCUT2D eigenvalue weighted by atomic mass is 35.5. The van der Waals surface area contributed by atoms with Crippen LogP contribution in [-0.4, -0.2) is 83.2 Å². The second kappa shape index (κ2) is 11.2. The number of carbonyl (C=O) groups is 3. The number of Topliss-reactive ketones (excluding diaryl/α,β-unsaturated/α-hetero) is 1. The number of aromatic nitrogens is 1. The summed E-state index contributed by atoms with van der Waals surface area (Å²) in [6.07, 6.45) is 1.56. The Morgan fingerprint density at radius 3 is 2.37 bits per heavy atom. The van der Waals surface area contributed by atoms with Crippen LogP contribution in [0.15, 0.2) is 42.6 Å². The van der Waals surface area contributed by atoms with Gasteiger partial charge in [-0.2, -0.15) is 0 Å². The fraction of sp³-hybridized carbons (Fsp3) is 0.393. The summed E-state index contributed by atoms with van der Waals surface area (Å²) in [5.74, 6) is -1.85. The number of carbonyl (C=O) groups excluding carboxylic acids is 3. The van der Waals surface area contributed by atoms with Crippen molar-refractivity contribution in [2.45, 2.75) is 39.2 Å².